The summed E-state index contributed by atoms with van der Waals surface area (Å²) in [6.45, 7) is 2.74. The van der Waals surface area contributed by atoms with Gasteiger partial charge in [0.15, 0.2) is 0 Å². The number of benzene rings is 2. The fourth-order valence-corrected chi connectivity index (χ4v) is 4.12. The van der Waals surface area contributed by atoms with E-state index in [1.807, 2.05) is 55.2 Å². The molecule has 0 fully saturated rings. The number of hydrogen-bond donors (Lipinski definition) is 3. The Morgan fingerprint density at radius 2 is 2.19 bits per heavy atom. The first-order valence-corrected chi connectivity index (χ1v) is 10.3. The summed E-state index contributed by atoms with van der Waals surface area (Å²) in [5, 5.41) is 32.2. The van der Waals surface area contributed by atoms with Gasteiger partial charge >= 0.3 is 0 Å². The number of anilines is 1. The number of hydrogen-bond acceptors (Lipinski definition) is 6. The molecule has 0 aliphatic carbocycles. The molecule has 2 aromatic carbocycles. The van der Waals surface area contributed by atoms with Crippen molar-refractivity contribution >= 4 is 17.5 Å². The SMILES string of the molecule is CN/C=C(\C=N)c1ccc2c(c1)C(Nc1cccc(CC#N)c1)CCn1nnc(C)c1-2. The van der Waals surface area contributed by atoms with E-state index in [4.69, 9.17) is 10.7 Å². The summed E-state index contributed by atoms with van der Waals surface area (Å²) in [6.07, 6.45) is 4.42. The van der Waals surface area contributed by atoms with Crippen molar-refractivity contribution in [1.82, 2.24) is 20.3 Å². The lowest BCUT2D eigenvalue weighted by atomic mass is 9.92. The lowest BCUT2D eigenvalue weighted by molar-refractivity contribution is 0.539. The van der Waals surface area contributed by atoms with Crippen molar-refractivity contribution in [2.75, 3.05) is 12.4 Å². The van der Waals surface area contributed by atoms with Gasteiger partial charge in [-0.25, -0.2) is 4.68 Å². The molecular weight excluding hydrogens is 386 g/mol. The fourth-order valence-electron chi connectivity index (χ4n) is 4.12. The highest BCUT2D eigenvalue weighted by molar-refractivity contribution is 6.08. The van der Waals surface area contributed by atoms with Gasteiger partial charge in [0.25, 0.3) is 0 Å². The number of aromatic nitrogens is 3. The maximum Gasteiger partial charge on any atom is 0.0918 e. The molecule has 0 bridgehead atoms. The summed E-state index contributed by atoms with van der Waals surface area (Å²) in [7, 11) is 1.83. The zero-order valence-corrected chi connectivity index (χ0v) is 17.7. The Hall–Kier alpha value is -3.92. The molecule has 0 amide bonds. The van der Waals surface area contributed by atoms with E-state index >= 15 is 0 Å². The molecule has 1 unspecified atom stereocenters. The molecule has 1 atom stereocenters. The summed E-state index contributed by atoms with van der Waals surface area (Å²) >= 11 is 0. The lowest BCUT2D eigenvalue weighted by Crippen LogP contribution is -2.13. The smallest absolute Gasteiger partial charge is 0.0918 e. The largest absolute Gasteiger partial charge is 0.393 e. The van der Waals surface area contributed by atoms with Crippen LogP contribution in [0.4, 0.5) is 5.69 Å². The molecule has 1 aliphatic rings. The summed E-state index contributed by atoms with van der Waals surface area (Å²) in [4.78, 5) is 0. The van der Waals surface area contributed by atoms with Crippen LogP contribution in [0.2, 0.25) is 0 Å². The Morgan fingerprint density at radius 3 is 2.97 bits per heavy atom. The predicted octanol–water partition coefficient (Wildman–Crippen LogP) is 4.09. The second-order valence-electron chi connectivity index (χ2n) is 7.60. The number of nitrogens with zero attached hydrogens (tertiary/aromatic N) is 4. The van der Waals surface area contributed by atoms with Gasteiger partial charge in [0.2, 0.25) is 0 Å². The van der Waals surface area contributed by atoms with Gasteiger partial charge in [-0.1, -0.05) is 29.5 Å². The van der Waals surface area contributed by atoms with E-state index in [0.717, 1.165) is 57.9 Å². The summed E-state index contributed by atoms with van der Waals surface area (Å²) in [5.74, 6) is 0. The highest BCUT2D eigenvalue weighted by Crippen LogP contribution is 2.38. The van der Waals surface area contributed by atoms with E-state index in [9.17, 15) is 0 Å². The second kappa shape index (κ2) is 8.84. The van der Waals surface area contributed by atoms with Crippen LogP contribution < -0.4 is 10.6 Å². The van der Waals surface area contributed by atoms with Crippen molar-refractivity contribution in [2.24, 2.45) is 0 Å². The maximum absolute atomic E-state index is 9.04. The zero-order valence-electron chi connectivity index (χ0n) is 17.7. The number of allylic oxidation sites excluding steroid dienone is 1. The van der Waals surface area contributed by atoms with E-state index in [1.165, 1.54) is 6.21 Å². The molecule has 4 rings (SSSR count). The average molecular weight is 412 g/mol. The van der Waals surface area contributed by atoms with E-state index in [2.05, 4.69) is 39.1 Å². The molecule has 1 aromatic heterocycles. The Labute approximate surface area is 181 Å². The summed E-state index contributed by atoms with van der Waals surface area (Å²) < 4.78 is 1.97. The highest BCUT2D eigenvalue weighted by Gasteiger charge is 2.25. The minimum absolute atomic E-state index is 0.0509. The van der Waals surface area contributed by atoms with Crippen molar-refractivity contribution in [3.63, 3.8) is 0 Å². The molecule has 31 heavy (non-hydrogen) atoms. The topological polar surface area (TPSA) is 102 Å². The van der Waals surface area contributed by atoms with Crippen LogP contribution in [0.3, 0.4) is 0 Å². The first-order chi connectivity index (χ1) is 15.1. The Bertz CT molecular complexity index is 1180. The van der Waals surface area contributed by atoms with Crippen LogP contribution >= 0.6 is 0 Å². The van der Waals surface area contributed by atoms with Crippen LogP contribution in [-0.2, 0) is 13.0 Å². The number of aryl methyl sites for hydroxylation is 2. The van der Waals surface area contributed by atoms with Gasteiger partial charge in [-0.15, -0.1) is 5.10 Å². The zero-order chi connectivity index (χ0) is 21.8. The van der Waals surface area contributed by atoms with E-state index in [-0.39, 0.29) is 6.04 Å². The first kappa shape index (κ1) is 20.4. The third-order valence-electron chi connectivity index (χ3n) is 5.55. The van der Waals surface area contributed by atoms with Gasteiger partial charge in [-0.3, -0.25) is 0 Å². The molecule has 156 valence electrons. The van der Waals surface area contributed by atoms with Crippen LogP contribution in [0.15, 0.2) is 48.7 Å². The molecule has 0 radical (unpaired) electrons. The third-order valence-corrected chi connectivity index (χ3v) is 5.55. The first-order valence-electron chi connectivity index (χ1n) is 10.3. The molecule has 0 saturated heterocycles. The van der Waals surface area contributed by atoms with Gasteiger partial charge in [0.1, 0.15) is 0 Å². The van der Waals surface area contributed by atoms with Gasteiger partial charge in [0.05, 0.1) is 29.9 Å². The fraction of sp³-hybridized carbons (Fsp3) is 0.250. The number of rotatable bonds is 6. The van der Waals surface area contributed by atoms with Crippen LogP contribution in [-0.4, -0.2) is 28.3 Å². The number of fused-ring (bicyclic) bond motifs is 3. The minimum atomic E-state index is 0.0509. The molecule has 0 spiro atoms. The summed E-state index contributed by atoms with van der Waals surface area (Å²) in [5.41, 5.74) is 7.97. The third kappa shape index (κ3) is 4.05. The van der Waals surface area contributed by atoms with Crippen molar-refractivity contribution in [1.29, 1.82) is 10.7 Å². The predicted molar refractivity (Wildman–Crippen MR) is 123 cm³/mol. The quantitative estimate of drug-likeness (QED) is 0.530. The van der Waals surface area contributed by atoms with Crippen molar-refractivity contribution < 1.29 is 0 Å². The normalized spacial score (nSPS) is 15.3. The Morgan fingerprint density at radius 1 is 1.32 bits per heavy atom. The van der Waals surface area contributed by atoms with Crippen LogP contribution in [0, 0.1) is 23.7 Å². The van der Waals surface area contributed by atoms with Gasteiger partial charge < -0.3 is 16.0 Å². The summed E-state index contributed by atoms with van der Waals surface area (Å²) in [6, 6.07) is 16.6. The number of nitrogens with one attached hydrogen (secondary N) is 3. The minimum Gasteiger partial charge on any atom is -0.393 e. The number of nitriles is 1. The standard InChI is InChI=1S/C24H25N7/c1-16-24-21-7-6-18(19(14-26)15-27-2)13-22(21)23(9-11-31(24)30-29-16)28-20-5-3-4-17(12-20)8-10-25/h3-7,12-15,23,26-28H,8-9,11H2,1-2H3/b19-15+,26-14?. The van der Waals surface area contributed by atoms with Crippen LogP contribution in [0.5, 0.6) is 0 Å². The van der Waals surface area contributed by atoms with Crippen molar-refractivity contribution in [2.45, 2.75) is 32.4 Å². The monoisotopic (exact) mass is 411 g/mol. The molecular formula is C24H25N7. The van der Waals surface area contributed by atoms with E-state index in [1.54, 1.807) is 0 Å². The molecule has 7 nitrogen and oxygen atoms in total. The molecule has 0 saturated carbocycles. The lowest BCUT2D eigenvalue weighted by Gasteiger charge is -2.22. The average Bonchev–Trinajstić information content (AvgIpc) is 3.07. The van der Waals surface area contributed by atoms with Gasteiger partial charge in [-0.05, 0) is 48.2 Å². The molecule has 7 heteroatoms. The van der Waals surface area contributed by atoms with Crippen LogP contribution in [0.25, 0.3) is 16.8 Å². The van der Waals surface area contributed by atoms with Crippen molar-refractivity contribution in [3.05, 3.63) is 71.0 Å². The molecule has 1 aliphatic heterocycles. The van der Waals surface area contributed by atoms with Gasteiger partial charge in [0, 0.05) is 42.8 Å². The van der Waals surface area contributed by atoms with E-state index < -0.39 is 0 Å². The Kier molecular flexibility index (Phi) is 5.80. The van der Waals surface area contributed by atoms with Gasteiger partial charge in [-0.2, -0.15) is 5.26 Å². The molecule has 3 N–H and O–H groups in total. The molecule has 2 heterocycles. The highest BCUT2D eigenvalue weighted by atomic mass is 15.4. The van der Waals surface area contributed by atoms with E-state index in [0.29, 0.717) is 6.42 Å². The Balaban J connectivity index is 1.80. The van der Waals surface area contributed by atoms with Crippen LogP contribution in [0.1, 0.15) is 34.8 Å². The maximum atomic E-state index is 9.04. The van der Waals surface area contributed by atoms with Crippen molar-refractivity contribution in [3.8, 4) is 17.3 Å². The second-order valence-corrected chi connectivity index (χ2v) is 7.60. The molecule has 3 aromatic rings.